The lowest BCUT2D eigenvalue weighted by molar-refractivity contribution is -0.143. The highest BCUT2D eigenvalue weighted by Crippen LogP contribution is 2.44. The molecule has 1 aliphatic carbocycles. The van der Waals surface area contributed by atoms with E-state index in [0.29, 0.717) is 19.4 Å². The zero-order chi connectivity index (χ0) is 27.3. The third-order valence-corrected chi connectivity index (χ3v) is 6.00. The van der Waals surface area contributed by atoms with E-state index in [9.17, 15) is 19.2 Å². The van der Waals surface area contributed by atoms with Gasteiger partial charge < -0.3 is 30.2 Å². The van der Waals surface area contributed by atoms with Gasteiger partial charge in [-0.2, -0.15) is 0 Å². The first-order valence-corrected chi connectivity index (χ1v) is 12.4. The van der Waals surface area contributed by atoms with E-state index in [1.165, 1.54) is 13.0 Å². The molecule has 2 aromatic rings. The van der Waals surface area contributed by atoms with Crippen molar-refractivity contribution in [3.63, 3.8) is 0 Å². The molecule has 10 nitrogen and oxygen atoms in total. The second-order valence-corrected chi connectivity index (χ2v) is 8.65. The monoisotopic (exact) mass is 523 g/mol. The van der Waals surface area contributed by atoms with Crippen molar-refractivity contribution < 1.29 is 33.4 Å². The van der Waals surface area contributed by atoms with Gasteiger partial charge in [-0.25, -0.2) is 9.59 Å². The van der Waals surface area contributed by atoms with Crippen molar-refractivity contribution in [3.05, 3.63) is 72.3 Å². The summed E-state index contributed by atoms with van der Waals surface area (Å²) in [6, 6.07) is 15.1. The Morgan fingerprint density at radius 3 is 2.18 bits per heavy atom. The van der Waals surface area contributed by atoms with Gasteiger partial charge in [0.05, 0.1) is 0 Å². The Morgan fingerprint density at radius 1 is 0.895 bits per heavy atom. The van der Waals surface area contributed by atoms with Gasteiger partial charge in [0.2, 0.25) is 5.91 Å². The van der Waals surface area contributed by atoms with Crippen molar-refractivity contribution >= 4 is 24.1 Å². The zero-order valence-corrected chi connectivity index (χ0v) is 21.4. The third-order valence-electron chi connectivity index (χ3n) is 6.00. The maximum absolute atomic E-state index is 12.7. The molecule has 10 heteroatoms. The van der Waals surface area contributed by atoms with Crippen LogP contribution in [0, 0.1) is 0 Å². The van der Waals surface area contributed by atoms with Crippen LogP contribution >= 0.6 is 0 Å². The Morgan fingerprint density at radius 2 is 1.55 bits per heavy atom. The lowest BCUT2D eigenvalue weighted by Crippen LogP contribution is -2.47. The molecular weight excluding hydrogens is 490 g/mol. The van der Waals surface area contributed by atoms with Gasteiger partial charge in [-0.3, -0.25) is 9.59 Å². The third kappa shape index (κ3) is 8.09. The summed E-state index contributed by atoms with van der Waals surface area (Å²) in [5, 5.41) is 7.69. The van der Waals surface area contributed by atoms with Gasteiger partial charge >= 0.3 is 18.2 Å². The molecule has 0 bridgehead atoms. The van der Waals surface area contributed by atoms with Gasteiger partial charge in [0.25, 0.3) is 0 Å². The smallest absolute Gasteiger partial charge is 0.407 e. The number of ether oxygens (including phenoxy) is 3. The predicted octanol–water partition coefficient (Wildman–Crippen LogP) is 3.61. The van der Waals surface area contributed by atoms with E-state index < -0.39 is 30.1 Å². The molecule has 0 saturated heterocycles. The molecule has 38 heavy (non-hydrogen) atoms. The quantitative estimate of drug-likeness (QED) is 0.120. The fourth-order valence-electron chi connectivity index (χ4n) is 4.23. The Balaban J connectivity index is 1.54. The first-order chi connectivity index (χ1) is 18.4. The molecule has 3 N–H and O–H groups in total. The summed E-state index contributed by atoms with van der Waals surface area (Å²) < 4.78 is 15.2. The van der Waals surface area contributed by atoms with Gasteiger partial charge in [-0.15, -0.1) is 0 Å². The molecule has 0 spiro atoms. The molecule has 0 aromatic heterocycles. The first kappa shape index (κ1) is 28.2. The minimum Gasteiger partial charge on any atom is -0.449 e. The summed E-state index contributed by atoms with van der Waals surface area (Å²) in [6.07, 6.45) is 1.51. The molecule has 3 rings (SSSR count). The van der Waals surface area contributed by atoms with Crippen molar-refractivity contribution in [3.8, 4) is 11.1 Å². The number of unbranched alkanes of at least 4 members (excludes halogenated alkanes) is 1. The molecular formula is C28H33N3O7. The number of hydrogen-bond acceptors (Lipinski definition) is 7. The lowest BCUT2D eigenvalue weighted by Gasteiger charge is -2.20. The van der Waals surface area contributed by atoms with Crippen molar-refractivity contribution in [1.29, 1.82) is 0 Å². The normalized spacial score (nSPS) is 12.3. The second-order valence-electron chi connectivity index (χ2n) is 8.65. The summed E-state index contributed by atoms with van der Waals surface area (Å²) in [4.78, 5) is 47.9. The fraction of sp³-hybridized carbons (Fsp3) is 0.357. The number of fused-ring (bicyclic) bond motifs is 3. The zero-order valence-electron chi connectivity index (χ0n) is 21.4. The molecule has 2 aromatic carbocycles. The SMILES string of the molecule is C=CCOC(=O)NCCCC[C@H](NC(=O)OCC1c2ccccc2-c2ccccc21)C(=O)NCOC(C)=O. The van der Waals surface area contributed by atoms with Crippen molar-refractivity contribution in [1.82, 2.24) is 16.0 Å². The number of esters is 1. The van der Waals surface area contributed by atoms with Gasteiger partial charge in [-0.1, -0.05) is 61.2 Å². The summed E-state index contributed by atoms with van der Waals surface area (Å²) in [5.41, 5.74) is 4.39. The molecule has 0 fully saturated rings. The van der Waals surface area contributed by atoms with E-state index in [1.807, 2.05) is 48.5 Å². The highest BCUT2D eigenvalue weighted by molar-refractivity contribution is 5.85. The highest BCUT2D eigenvalue weighted by Gasteiger charge is 2.29. The van der Waals surface area contributed by atoms with Crippen LogP contribution in [-0.4, -0.2) is 56.6 Å². The van der Waals surface area contributed by atoms with Crippen LogP contribution in [0.4, 0.5) is 9.59 Å². The maximum Gasteiger partial charge on any atom is 0.407 e. The van der Waals surface area contributed by atoms with Crippen LogP contribution in [-0.2, 0) is 23.8 Å². The van der Waals surface area contributed by atoms with Crippen LogP contribution in [0.25, 0.3) is 11.1 Å². The van der Waals surface area contributed by atoms with Crippen LogP contribution in [0.3, 0.4) is 0 Å². The van der Waals surface area contributed by atoms with Crippen LogP contribution in [0.5, 0.6) is 0 Å². The summed E-state index contributed by atoms with van der Waals surface area (Å²) in [7, 11) is 0. The average molecular weight is 524 g/mol. The molecule has 0 aliphatic heterocycles. The van der Waals surface area contributed by atoms with E-state index in [-0.39, 0.29) is 32.3 Å². The number of carbonyl (C=O) groups is 4. The van der Waals surface area contributed by atoms with E-state index in [4.69, 9.17) is 14.2 Å². The van der Waals surface area contributed by atoms with Gasteiger partial charge in [-0.05, 0) is 41.5 Å². The summed E-state index contributed by atoms with van der Waals surface area (Å²) in [6.45, 7) is 4.95. The molecule has 3 amide bonds. The number of hydrogen-bond donors (Lipinski definition) is 3. The van der Waals surface area contributed by atoms with Gasteiger partial charge in [0, 0.05) is 19.4 Å². The minimum absolute atomic E-state index is 0.110. The second kappa shape index (κ2) is 14.4. The number of amides is 3. The van der Waals surface area contributed by atoms with Crippen molar-refractivity contribution in [2.45, 2.75) is 38.1 Å². The van der Waals surface area contributed by atoms with E-state index in [0.717, 1.165) is 22.3 Å². The first-order valence-electron chi connectivity index (χ1n) is 12.4. The minimum atomic E-state index is -0.922. The number of benzene rings is 2. The Labute approximate surface area is 221 Å². The van der Waals surface area contributed by atoms with Gasteiger partial charge in [0.15, 0.2) is 6.73 Å². The fourth-order valence-corrected chi connectivity index (χ4v) is 4.23. The summed E-state index contributed by atoms with van der Waals surface area (Å²) in [5.74, 6) is -1.17. The Bertz CT molecular complexity index is 1110. The maximum atomic E-state index is 12.7. The summed E-state index contributed by atoms with van der Waals surface area (Å²) >= 11 is 0. The Hall–Kier alpha value is -4.34. The van der Waals surface area contributed by atoms with E-state index >= 15 is 0 Å². The number of rotatable bonds is 13. The van der Waals surface area contributed by atoms with Crippen molar-refractivity contribution in [2.75, 3.05) is 26.5 Å². The van der Waals surface area contributed by atoms with Crippen molar-refractivity contribution in [2.24, 2.45) is 0 Å². The molecule has 0 saturated carbocycles. The largest absolute Gasteiger partial charge is 0.449 e. The number of nitrogens with one attached hydrogen (secondary N) is 3. The molecule has 202 valence electrons. The topological polar surface area (TPSA) is 132 Å². The van der Waals surface area contributed by atoms with Crippen LogP contribution in [0.2, 0.25) is 0 Å². The standard InChI is InChI=1S/C28H33N3O7/c1-3-16-36-27(34)29-15-9-8-14-25(26(33)30-18-38-19(2)32)31-28(35)37-17-24-22-12-6-4-10-20(22)21-11-5-7-13-23(21)24/h3-7,10-13,24-25H,1,8-9,14-18H2,2H3,(H,29,34)(H,30,33)(H,31,35)/t25-/m0/s1. The molecule has 1 aliphatic rings. The van der Waals surface area contributed by atoms with E-state index in [1.54, 1.807) is 0 Å². The number of alkyl carbamates (subject to hydrolysis) is 2. The van der Waals surface area contributed by atoms with Crippen LogP contribution in [0.15, 0.2) is 61.2 Å². The van der Waals surface area contributed by atoms with Crippen LogP contribution < -0.4 is 16.0 Å². The lowest BCUT2D eigenvalue weighted by atomic mass is 9.98. The molecule has 0 heterocycles. The average Bonchev–Trinajstić information content (AvgIpc) is 3.23. The van der Waals surface area contributed by atoms with E-state index in [2.05, 4.69) is 22.5 Å². The molecule has 0 unspecified atom stereocenters. The van der Waals surface area contributed by atoms with Crippen LogP contribution in [0.1, 0.15) is 43.2 Å². The molecule has 0 radical (unpaired) electrons. The highest BCUT2D eigenvalue weighted by atomic mass is 16.6. The number of carbonyl (C=O) groups excluding carboxylic acids is 4. The Kier molecular flexibility index (Phi) is 10.7. The molecule has 1 atom stereocenters. The van der Waals surface area contributed by atoms with Gasteiger partial charge in [0.1, 0.15) is 19.3 Å². The predicted molar refractivity (Wildman–Crippen MR) is 140 cm³/mol.